The molecule has 4 nitrogen and oxygen atoms in total. The molecule has 0 fully saturated rings. The number of carbonyl (C=O) groups is 1. The number of hydrogen-bond acceptors (Lipinski definition) is 2. The number of benzene rings is 2. The van der Waals surface area contributed by atoms with Crippen LogP contribution in [0.25, 0.3) is 10.9 Å². The molecule has 0 saturated carbocycles. The third kappa shape index (κ3) is 2.60. The smallest absolute Gasteiger partial charge is 0.257 e. The average Bonchev–Trinajstić information content (AvgIpc) is 2.93. The first-order valence-electron chi connectivity index (χ1n) is 6.89. The molecule has 1 aromatic heterocycles. The molecule has 0 atom stereocenters. The topological polar surface area (TPSA) is 54.1 Å². The monoisotopic (exact) mass is 280 g/mol. The van der Waals surface area contributed by atoms with Crippen molar-refractivity contribution in [1.29, 1.82) is 0 Å². The van der Waals surface area contributed by atoms with E-state index < -0.39 is 0 Å². The van der Waals surface area contributed by atoms with Crippen LogP contribution in [0.4, 0.5) is 5.69 Å². The molecule has 0 radical (unpaired) electrons. The molecular weight excluding hydrogens is 264 g/mol. The summed E-state index contributed by atoms with van der Waals surface area (Å²) in [5.41, 5.74) is 2.24. The fraction of sp³-hybridized carbons (Fsp3) is 0.118. The number of ether oxygens (including phenoxy) is 1. The van der Waals surface area contributed by atoms with Crippen molar-refractivity contribution in [3.8, 4) is 5.75 Å². The second-order valence-electron chi connectivity index (χ2n) is 4.63. The molecule has 2 N–H and O–H groups in total. The summed E-state index contributed by atoms with van der Waals surface area (Å²) in [6, 6.07) is 15.1. The lowest BCUT2D eigenvalue weighted by Gasteiger charge is -2.10. The van der Waals surface area contributed by atoms with E-state index in [0.29, 0.717) is 23.6 Å². The summed E-state index contributed by atoms with van der Waals surface area (Å²) >= 11 is 0. The summed E-state index contributed by atoms with van der Waals surface area (Å²) in [4.78, 5) is 15.6. The number of fused-ring (bicyclic) bond motifs is 1. The molecule has 0 spiro atoms. The predicted octanol–water partition coefficient (Wildman–Crippen LogP) is 3.82. The zero-order chi connectivity index (χ0) is 14.7. The Kier molecular flexibility index (Phi) is 3.60. The number of aromatic amines is 1. The van der Waals surface area contributed by atoms with Gasteiger partial charge >= 0.3 is 0 Å². The SMILES string of the molecule is CCOc1ccccc1NC(=O)c1c[nH]c2ccccc12. The Balaban J connectivity index is 1.90. The highest BCUT2D eigenvalue weighted by Crippen LogP contribution is 2.25. The molecule has 0 aliphatic rings. The van der Waals surface area contributed by atoms with Crippen molar-refractivity contribution in [2.75, 3.05) is 11.9 Å². The Morgan fingerprint density at radius 1 is 1.14 bits per heavy atom. The van der Waals surface area contributed by atoms with E-state index in [1.807, 2.05) is 55.5 Å². The zero-order valence-corrected chi connectivity index (χ0v) is 11.7. The molecule has 3 rings (SSSR count). The van der Waals surface area contributed by atoms with Crippen molar-refractivity contribution < 1.29 is 9.53 Å². The van der Waals surface area contributed by atoms with Crippen LogP contribution in [0.5, 0.6) is 5.75 Å². The van der Waals surface area contributed by atoms with Crippen molar-refractivity contribution in [2.45, 2.75) is 6.92 Å². The second-order valence-corrected chi connectivity index (χ2v) is 4.63. The van der Waals surface area contributed by atoms with Gasteiger partial charge in [-0.25, -0.2) is 0 Å². The van der Waals surface area contributed by atoms with Crippen LogP contribution in [-0.4, -0.2) is 17.5 Å². The molecule has 2 aromatic carbocycles. The number of anilines is 1. The van der Waals surface area contributed by atoms with Gasteiger partial charge in [-0.3, -0.25) is 4.79 Å². The molecular formula is C17H16N2O2. The number of aromatic nitrogens is 1. The molecule has 0 unspecified atom stereocenters. The number of rotatable bonds is 4. The van der Waals surface area contributed by atoms with E-state index in [1.165, 1.54) is 0 Å². The largest absolute Gasteiger partial charge is 0.492 e. The number of carbonyl (C=O) groups excluding carboxylic acids is 1. The second kappa shape index (κ2) is 5.71. The fourth-order valence-corrected chi connectivity index (χ4v) is 2.30. The quantitative estimate of drug-likeness (QED) is 0.763. The van der Waals surface area contributed by atoms with Crippen molar-refractivity contribution in [2.24, 2.45) is 0 Å². The van der Waals surface area contributed by atoms with Gasteiger partial charge in [0.2, 0.25) is 0 Å². The van der Waals surface area contributed by atoms with Gasteiger partial charge in [0.1, 0.15) is 5.75 Å². The van der Waals surface area contributed by atoms with Crippen LogP contribution in [0.1, 0.15) is 17.3 Å². The first-order chi connectivity index (χ1) is 10.3. The summed E-state index contributed by atoms with van der Waals surface area (Å²) in [6.07, 6.45) is 1.73. The van der Waals surface area contributed by atoms with Gasteiger partial charge in [-0.05, 0) is 25.1 Å². The number of H-pyrrole nitrogens is 1. The average molecular weight is 280 g/mol. The van der Waals surface area contributed by atoms with E-state index in [9.17, 15) is 4.79 Å². The highest BCUT2D eigenvalue weighted by atomic mass is 16.5. The van der Waals surface area contributed by atoms with Gasteiger partial charge in [0.25, 0.3) is 5.91 Å². The summed E-state index contributed by atoms with van der Waals surface area (Å²) in [5, 5.41) is 3.81. The van der Waals surface area contributed by atoms with Crippen molar-refractivity contribution in [1.82, 2.24) is 4.98 Å². The third-order valence-corrected chi connectivity index (χ3v) is 3.27. The van der Waals surface area contributed by atoms with Crippen LogP contribution >= 0.6 is 0 Å². The van der Waals surface area contributed by atoms with Gasteiger partial charge in [0.15, 0.2) is 0 Å². The van der Waals surface area contributed by atoms with Crippen LogP contribution in [0.15, 0.2) is 54.7 Å². The van der Waals surface area contributed by atoms with Crippen LogP contribution in [0.2, 0.25) is 0 Å². The van der Waals surface area contributed by atoms with Crippen molar-refractivity contribution in [3.05, 3.63) is 60.3 Å². The molecule has 0 bridgehead atoms. The van der Waals surface area contributed by atoms with Gasteiger partial charge < -0.3 is 15.0 Å². The molecule has 1 heterocycles. The Labute approximate surface area is 122 Å². The van der Waals surface area contributed by atoms with Gasteiger partial charge in [0.05, 0.1) is 17.9 Å². The van der Waals surface area contributed by atoms with Gasteiger partial charge in [-0.15, -0.1) is 0 Å². The lowest BCUT2D eigenvalue weighted by atomic mass is 10.1. The van der Waals surface area contributed by atoms with E-state index >= 15 is 0 Å². The number of para-hydroxylation sites is 3. The van der Waals surface area contributed by atoms with Crippen molar-refractivity contribution in [3.63, 3.8) is 0 Å². The summed E-state index contributed by atoms with van der Waals surface area (Å²) in [5.74, 6) is 0.521. The maximum Gasteiger partial charge on any atom is 0.257 e. The minimum atomic E-state index is -0.153. The normalized spacial score (nSPS) is 10.5. The van der Waals surface area contributed by atoms with Crippen LogP contribution in [0, 0.1) is 0 Å². The van der Waals surface area contributed by atoms with Gasteiger partial charge in [-0.2, -0.15) is 0 Å². The number of nitrogens with one attached hydrogen (secondary N) is 2. The molecule has 4 heteroatoms. The minimum absolute atomic E-state index is 0.153. The number of hydrogen-bond donors (Lipinski definition) is 2. The molecule has 106 valence electrons. The van der Waals surface area contributed by atoms with Gasteiger partial charge in [-0.1, -0.05) is 30.3 Å². The Bertz CT molecular complexity index is 777. The van der Waals surface area contributed by atoms with E-state index in [0.717, 1.165) is 10.9 Å². The molecule has 3 aromatic rings. The highest BCUT2D eigenvalue weighted by Gasteiger charge is 2.13. The maximum atomic E-state index is 12.5. The minimum Gasteiger partial charge on any atom is -0.492 e. The van der Waals surface area contributed by atoms with Gasteiger partial charge in [0, 0.05) is 17.1 Å². The summed E-state index contributed by atoms with van der Waals surface area (Å²) in [6.45, 7) is 2.47. The van der Waals surface area contributed by atoms with E-state index in [2.05, 4.69) is 10.3 Å². The molecule has 1 amide bonds. The molecule has 0 aliphatic heterocycles. The molecule has 0 saturated heterocycles. The highest BCUT2D eigenvalue weighted by molar-refractivity contribution is 6.13. The Morgan fingerprint density at radius 2 is 1.90 bits per heavy atom. The van der Waals surface area contributed by atoms with E-state index in [1.54, 1.807) is 6.20 Å². The third-order valence-electron chi connectivity index (χ3n) is 3.27. The standard InChI is InChI=1S/C17H16N2O2/c1-2-21-16-10-6-5-9-15(16)19-17(20)13-11-18-14-8-4-3-7-12(13)14/h3-11,18H,2H2,1H3,(H,19,20). The summed E-state index contributed by atoms with van der Waals surface area (Å²) < 4.78 is 5.52. The lowest BCUT2D eigenvalue weighted by Crippen LogP contribution is -2.12. The predicted molar refractivity (Wildman–Crippen MR) is 83.9 cm³/mol. The lowest BCUT2D eigenvalue weighted by molar-refractivity contribution is 0.102. The Morgan fingerprint density at radius 3 is 2.76 bits per heavy atom. The van der Waals surface area contributed by atoms with Crippen molar-refractivity contribution >= 4 is 22.5 Å². The molecule has 21 heavy (non-hydrogen) atoms. The van der Waals surface area contributed by atoms with E-state index in [-0.39, 0.29) is 5.91 Å². The van der Waals surface area contributed by atoms with Crippen LogP contribution in [0.3, 0.4) is 0 Å². The number of amides is 1. The molecule has 0 aliphatic carbocycles. The Hall–Kier alpha value is -2.75. The first-order valence-corrected chi connectivity index (χ1v) is 6.89. The van der Waals surface area contributed by atoms with Crippen LogP contribution < -0.4 is 10.1 Å². The maximum absolute atomic E-state index is 12.5. The van der Waals surface area contributed by atoms with Crippen LogP contribution in [-0.2, 0) is 0 Å². The summed E-state index contributed by atoms with van der Waals surface area (Å²) in [7, 11) is 0. The fourth-order valence-electron chi connectivity index (χ4n) is 2.30. The zero-order valence-electron chi connectivity index (χ0n) is 11.7. The van der Waals surface area contributed by atoms with E-state index in [4.69, 9.17) is 4.74 Å². The first kappa shape index (κ1) is 13.2.